The molecule has 0 saturated heterocycles. The minimum Gasteiger partial charge on any atom is -0.236 e. The van der Waals surface area contributed by atoms with Gasteiger partial charge in [-0.25, -0.2) is 67.3 Å². The first kappa shape index (κ1) is 66.9. The SMILES string of the molecule is CCCCCCCCCCCCc1ccc(S(=O)(=O)N(C)Cc2ccc(F)[c-]c2F)cc1.CCCCCCCCCCCCc1ccc(S(=O)(=O)N(C)Cc2ccc(F)[c-]c2F)cc1.[Ti+4].c1cc[cH-]c1.c1cc[cH-]c1. The van der Waals surface area contributed by atoms with Gasteiger partial charge < -0.3 is 0 Å². The summed E-state index contributed by atoms with van der Waals surface area (Å²) in [6.45, 7) is 4.10. The van der Waals surface area contributed by atoms with E-state index in [0.717, 1.165) is 57.6 Å². The molecular formula is C62H82F4N2O4S2Ti. The molecule has 6 rings (SSSR count). The van der Waals surface area contributed by atoms with Crippen molar-refractivity contribution in [1.82, 2.24) is 8.61 Å². The van der Waals surface area contributed by atoms with E-state index in [1.165, 1.54) is 142 Å². The topological polar surface area (TPSA) is 74.8 Å². The second-order valence-corrected chi connectivity index (χ2v) is 23.0. The summed E-state index contributed by atoms with van der Waals surface area (Å²) in [5.74, 6) is -3.37. The maximum absolute atomic E-state index is 13.8. The molecular weight excluding hydrogens is 1020 g/mol. The third-order valence-corrected chi connectivity index (χ3v) is 16.3. The predicted octanol–water partition coefficient (Wildman–Crippen LogP) is 16.9. The number of sulfonamides is 2. The molecule has 75 heavy (non-hydrogen) atoms. The summed E-state index contributed by atoms with van der Waals surface area (Å²) in [5, 5.41) is 0. The van der Waals surface area contributed by atoms with Gasteiger partial charge in [0.25, 0.3) is 0 Å². The fourth-order valence-electron chi connectivity index (χ4n) is 8.13. The van der Waals surface area contributed by atoms with Gasteiger partial charge in [0.05, 0.1) is 9.79 Å². The Kier molecular flexibility index (Phi) is 35.0. The fourth-order valence-corrected chi connectivity index (χ4v) is 10.4. The third kappa shape index (κ3) is 27.6. The van der Waals surface area contributed by atoms with Crippen molar-refractivity contribution in [1.29, 1.82) is 0 Å². The summed E-state index contributed by atoms with van der Waals surface area (Å²) in [5.41, 5.74) is 2.39. The molecule has 0 heterocycles. The van der Waals surface area contributed by atoms with Crippen molar-refractivity contribution < 1.29 is 56.1 Å². The Bertz CT molecular complexity index is 2350. The molecule has 6 aromatic carbocycles. The van der Waals surface area contributed by atoms with Gasteiger partial charge in [-0.3, -0.25) is 0 Å². The van der Waals surface area contributed by atoms with Crippen LogP contribution >= 0.6 is 0 Å². The van der Waals surface area contributed by atoms with Crippen LogP contribution in [0.4, 0.5) is 17.6 Å². The predicted molar refractivity (Wildman–Crippen MR) is 296 cm³/mol. The Labute approximate surface area is 465 Å². The Hall–Kier alpha value is -4.17. The van der Waals surface area contributed by atoms with Crippen molar-refractivity contribution in [3.63, 3.8) is 0 Å². The maximum atomic E-state index is 13.8. The molecule has 0 amide bonds. The minimum absolute atomic E-state index is 0. The monoisotopic (exact) mass is 1110 g/mol. The van der Waals surface area contributed by atoms with E-state index in [2.05, 4.69) is 13.8 Å². The number of aryl methyl sites for hydroxylation is 2. The Balaban J connectivity index is 0.000000425. The van der Waals surface area contributed by atoms with Gasteiger partial charge in [0.1, 0.15) is 0 Å². The number of hydrogen-bond acceptors (Lipinski definition) is 4. The zero-order chi connectivity index (χ0) is 53.9. The van der Waals surface area contributed by atoms with Gasteiger partial charge in [-0.05, 0) is 74.2 Å². The molecule has 0 spiro atoms. The normalized spacial score (nSPS) is 11.2. The van der Waals surface area contributed by atoms with E-state index in [1.54, 1.807) is 24.3 Å². The average molecular weight is 1110 g/mol. The average Bonchev–Trinajstić information content (AvgIpc) is 4.19. The molecule has 0 aliphatic rings. The minimum atomic E-state index is -3.77. The van der Waals surface area contributed by atoms with Crippen molar-refractivity contribution in [2.45, 2.75) is 178 Å². The summed E-state index contributed by atoms with van der Waals surface area (Å²) in [6.07, 6.45) is 27.6. The maximum Gasteiger partial charge on any atom is 4.00 e. The van der Waals surface area contributed by atoms with E-state index in [1.807, 2.05) is 97.1 Å². The molecule has 0 atom stereocenters. The second kappa shape index (κ2) is 39.2. The van der Waals surface area contributed by atoms with Crippen LogP contribution in [-0.4, -0.2) is 39.5 Å². The zero-order valence-electron chi connectivity index (χ0n) is 45.0. The molecule has 408 valence electrons. The smallest absolute Gasteiger partial charge is 0.236 e. The van der Waals surface area contributed by atoms with Crippen molar-refractivity contribution in [3.8, 4) is 0 Å². The molecule has 0 bridgehead atoms. The molecule has 0 unspecified atom stereocenters. The van der Waals surface area contributed by atoms with E-state index in [9.17, 15) is 34.4 Å². The van der Waals surface area contributed by atoms with Gasteiger partial charge >= 0.3 is 21.7 Å². The van der Waals surface area contributed by atoms with Gasteiger partial charge in [0.2, 0.25) is 20.0 Å². The van der Waals surface area contributed by atoms with E-state index in [4.69, 9.17) is 0 Å². The molecule has 0 aliphatic carbocycles. The number of benzene rings is 4. The van der Waals surface area contributed by atoms with E-state index in [-0.39, 0.29) is 55.7 Å². The molecule has 0 saturated carbocycles. The summed E-state index contributed by atoms with van der Waals surface area (Å²) in [7, 11) is -4.76. The van der Waals surface area contributed by atoms with E-state index < -0.39 is 43.3 Å². The van der Waals surface area contributed by atoms with Crippen LogP contribution in [-0.2, 0) is 67.7 Å². The van der Waals surface area contributed by atoms with Crippen LogP contribution in [0.2, 0.25) is 0 Å². The van der Waals surface area contributed by atoms with E-state index >= 15 is 0 Å². The number of nitrogens with zero attached hydrogens (tertiary/aromatic N) is 2. The van der Waals surface area contributed by atoms with Crippen LogP contribution in [0, 0.1) is 35.4 Å². The van der Waals surface area contributed by atoms with Crippen LogP contribution in [0.15, 0.2) is 143 Å². The van der Waals surface area contributed by atoms with Gasteiger partial charge in [-0.15, -0.1) is 35.4 Å². The summed E-state index contributed by atoms with van der Waals surface area (Å²) in [6, 6.07) is 42.3. The Morgan fingerprint density at radius 3 is 0.947 bits per heavy atom. The second-order valence-electron chi connectivity index (χ2n) is 18.9. The van der Waals surface area contributed by atoms with Crippen LogP contribution in [0.1, 0.15) is 165 Å². The van der Waals surface area contributed by atoms with Crippen LogP contribution in [0.5, 0.6) is 0 Å². The summed E-state index contributed by atoms with van der Waals surface area (Å²) in [4.78, 5) is 0.330. The Morgan fingerprint density at radius 1 is 0.413 bits per heavy atom. The molecule has 0 aliphatic heterocycles. The summed E-state index contributed by atoms with van der Waals surface area (Å²) >= 11 is 0. The van der Waals surface area contributed by atoms with Crippen LogP contribution in [0.3, 0.4) is 0 Å². The largest absolute Gasteiger partial charge is 4.00 e. The van der Waals surface area contributed by atoms with Crippen LogP contribution in [0.25, 0.3) is 0 Å². The quantitative estimate of drug-likeness (QED) is 0.0195. The first-order valence-corrected chi connectivity index (χ1v) is 29.7. The van der Waals surface area contributed by atoms with Gasteiger partial charge in [0, 0.05) is 37.4 Å². The van der Waals surface area contributed by atoms with Gasteiger partial charge in [0.15, 0.2) is 0 Å². The zero-order valence-corrected chi connectivity index (χ0v) is 48.2. The van der Waals surface area contributed by atoms with Crippen molar-refractivity contribution >= 4 is 20.0 Å². The molecule has 0 aromatic heterocycles. The number of halogens is 4. The number of unbranched alkanes of at least 4 members (excludes halogenated alkanes) is 18. The standard InChI is InChI=1S/2C26H36F2NO2S.2C5H5.Ti/c2*1-3-4-5-6-7-8-9-10-11-12-13-22-14-18-25(19-15-22)32(30,31)29(2)21-23-16-17-24(27)20-26(23)28;2*1-2-4-5-3-1;/h2*14-19H,3-13,21H2,1-2H3;2*1-5H;/q4*-1;+4. The summed E-state index contributed by atoms with van der Waals surface area (Å²) < 4.78 is 107. The molecule has 13 heteroatoms. The first-order chi connectivity index (χ1) is 35.7. The molecule has 0 fully saturated rings. The molecule has 0 N–H and O–H groups in total. The number of rotatable bonds is 30. The van der Waals surface area contributed by atoms with E-state index in [0.29, 0.717) is 0 Å². The third-order valence-electron chi connectivity index (χ3n) is 12.7. The van der Waals surface area contributed by atoms with Gasteiger partial charge in [-0.1, -0.05) is 154 Å². The number of hydrogen-bond donors (Lipinski definition) is 0. The molecule has 6 aromatic rings. The Morgan fingerprint density at radius 2 is 0.693 bits per heavy atom. The molecule has 0 radical (unpaired) electrons. The first-order valence-electron chi connectivity index (χ1n) is 26.8. The van der Waals surface area contributed by atoms with Crippen molar-refractivity contribution in [2.24, 2.45) is 0 Å². The van der Waals surface area contributed by atoms with Crippen molar-refractivity contribution in [3.05, 3.63) is 191 Å². The van der Waals surface area contributed by atoms with Gasteiger partial charge in [-0.2, -0.15) is 48.5 Å². The fraction of sp³-hybridized carbons (Fsp3) is 0.452. The van der Waals surface area contributed by atoms with Crippen molar-refractivity contribution in [2.75, 3.05) is 14.1 Å². The van der Waals surface area contributed by atoms with Crippen LogP contribution < -0.4 is 0 Å². The molecule has 6 nitrogen and oxygen atoms in total.